The van der Waals surface area contributed by atoms with Crippen LogP contribution in [0.4, 0.5) is 13.2 Å². The lowest BCUT2D eigenvalue weighted by atomic mass is 10.1. The van der Waals surface area contributed by atoms with Gasteiger partial charge < -0.3 is 4.74 Å². The normalized spacial score (nSPS) is 11.6. The molecule has 1 aromatic heterocycles. The van der Waals surface area contributed by atoms with Gasteiger partial charge in [0.15, 0.2) is 0 Å². The molecule has 0 radical (unpaired) electrons. The fourth-order valence-corrected chi connectivity index (χ4v) is 2.39. The molecule has 0 N–H and O–H groups in total. The van der Waals surface area contributed by atoms with Crippen LogP contribution in [0.1, 0.15) is 0 Å². The zero-order chi connectivity index (χ0) is 15.7. The molecule has 0 atom stereocenters. The molecule has 0 spiro atoms. The molecule has 1 heterocycles. The number of ether oxygens (including phenoxy) is 1. The summed E-state index contributed by atoms with van der Waals surface area (Å²) in [5.41, 5.74) is 1.24. The number of halogens is 4. The van der Waals surface area contributed by atoms with Gasteiger partial charge in [-0.3, -0.25) is 0 Å². The Labute approximate surface area is 129 Å². The second kappa shape index (κ2) is 5.50. The van der Waals surface area contributed by atoms with Crippen molar-refractivity contribution in [1.29, 1.82) is 0 Å². The van der Waals surface area contributed by atoms with Gasteiger partial charge in [-0.1, -0.05) is 35.9 Å². The van der Waals surface area contributed by atoms with E-state index in [0.717, 1.165) is 10.8 Å². The number of aromatic nitrogens is 1. The minimum atomic E-state index is -4.70. The molecule has 0 bridgehead atoms. The first-order valence-corrected chi connectivity index (χ1v) is 6.72. The predicted octanol–water partition coefficient (Wildman–Crippen LogP) is 5.45. The summed E-state index contributed by atoms with van der Waals surface area (Å²) in [6.45, 7) is 0. The Morgan fingerprint density at radius 3 is 2.32 bits per heavy atom. The molecule has 0 fully saturated rings. The Morgan fingerprint density at radius 1 is 0.955 bits per heavy atom. The number of fused-ring (bicyclic) bond motifs is 1. The zero-order valence-electron chi connectivity index (χ0n) is 11.1. The maximum atomic E-state index is 12.1. The van der Waals surface area contributed by atoms with Gasteiger partial charge in [0.1, 0.15) is 10.9 Å². The van der Waals surface area contributed by atoms with E-state index < -0.39 is 6.36 Å². The highest BCUT2D eigenvalue weighted by Gasteiger charge is 2.30. The average Bonchev–Trinajstić information content (AvgIpc) is 2.46. The van der Waals surface area contributed by atoms with Gasteiger partial charge >= 0.3 is 6.36 Å². The van der Waals surface area contributed by atoms with Crippen LogP contribution < -0.4 is 4.74 Å². The molecule has 0 saturated heterocycles. The first kappa shape index (κ1) is 14.7. The van der Waals surface area contributed by atoms with E-state index in [9.17, 15) is 13.2 Å². The van der Waals surface area contributed by atoms with Gasteiger partial charge in [0.2, 0.25) is 0 Å². The van der Waals surface area contributed by atoms with Crippen LogP contribution in [0.5, 0.6) is 5.75 Å². The van der Waals surface area contributed by atoms with E-state index in [-0.39, 0.29) is 5.75 Å². The molecule has 112 valence electrons. The summed E-state index contributed by atoms with van der Waals surface area (Å²) in [6, 6.07) is 14.8. The summed E-state index contributed by atoms with van der Waals surface area (Å²) in [5, 5.41) is 2.08. The van der Waals surface area contributed by atoms with E-state index in [1.807, 2.05) is 30.3 Å². The summed E-state index contributed by atoms with van der Waals surface area (Å²) >= 11 is 6.15. The monoisotopic (exact) mass is 323 g/mol. The van der Waals surface area contributed by atoms with Crippen LogP contribution in [0.2, 0.25) is 5.15 Å². The number of rotatable bonds is 2. The molecule has 0 aliphatic heterocycles. The second-order valence-electron chi connectivity index (χ2n) is 4.59. The summed E-state index contributed by atoms with van der Waals surface area (Å²) in [5.74, 6) is -0.275. The van der Waals surface area contributed by atoms with Crippen molar-refractivity contribution >= 4 is 22.4 Å². The van der Waals surface area contributed by atoms with Gasteiger partial charge in [-0.25, -0.2) is 4.98 Å². The summed E-state index contributed by atoms with van der Waals surface area (Å²) in [6.07, 6.45) is -4.70. The van der Waals surface area contributed by atoms with Crippen LogP contribution in [0.15, 0.2) is 54.6 Å². The first-order valence-electron chi connectivity index (χ1n) is 6.34. The molecule has 0 aliphatic carbocycles. The summed E-state index contributed by atoms with van der Waals surface area (Å²) < 4.78 is 40.3. The van der Waals surface area contributed by atoms with Crippen LogP contribution in [0.3, 0.4) is 0 Å². The van der Waals surface area contributed by atoms with Crippen molar-refractivity contribution in [3.63, 3.8) is 0 Å². The largest absolute Gasteiger partial charge is 0.573 e. The summed E-state index contributed by atoms with van der Waals surface area (Å²) in [7, 11) is 0. The number of pyridine rings is 1. The minimum Gasteiger partial charge on any atom is -0.406 e. The van der Waals surface area contributed by atoms with Gasteiger partial charge in [-0.2, -0.15) is 0 Å². The van der Waals surface area contributed by atoms with E-state index in [0.29, 0.717) is 16.4 Å². The van der Waals surface area contributed by atoms with Gasteiger partial charge in [0, 0.05) is 10.9 Å². The zero-order valence-corrected chi connectivity index (χ0v) is 11.8. The minimum absolute atomic E-state index is 0.275. The first-order chi connectivity index (χ1) is 10.4. The maximum absolute atomic E-state index is 12.1. The van der Waals surface area contributed by atoms with Crippen LogP contribution in [-0.2, 0) is 0 Å². The highest BCUT2D eigenvalue weighted by Crippen LogP contribution is 2.29. The van der Waals surface area contributed by atoms with E-state index in [4.69, 9.17) is 11.6 Å². The Kier molecular flexibility index (Phi) is 3.66. The number of nitrogens with zero attached hydrogens (tertiary/aromatic N) is 1. The van der Waals surface area contributed by atoms with Crippen LogP contribution >= 0.6 is 11.6 Å². The van der Waals surface area contributed by atoms with Crippen molar-refractivity contribution < 1.29 is 17.9 Å². The molecule has 22 heavy (non-hydrogen) atoms. The lowest BCUT2D eigenvalue weighted by Gasteiger charge is -2.09. The van der Waals surface area contributed by atoms with Crippen molar-refractivity contribution in [1.82, 2.24) is 4.98 Å². The topological polar surface area (TPSA) is 22.1 Å². The summed E-state index contributed by atoms with van der Waals surface area (Å²) in [4.78, 5) is 4.28. The van der Waals surface area contributed by atoms with Gasteiger partial charge in [-0.05, 0) is 35.7 Å². The third-order valence-electron chi connectivity index (χ3n) is 3.08. The molecular formula is C16H9ClF3NO. The molecule has 3 rings (SSSR count). The average molecular weight is 324 g/mol. The highest BCUT2D eigenvalue weighted by atomic mass is 35.5. The van der Waals surface area contributed by atoms with Crippen LogP contribution in [0.25, 0.3) is 22.0 Å². The van der Waals surface area contributed by atoms with Crippen molar-refractivity contribution in [3.05, 3.63) is 59.8 Å². The Bertz CT molecular complexity index is 816. The van der Waals surface area contributed by atoms with E-state index in [1.165, 1.54) is 24.3 Å². The van der Waals surface area contributed by atoms with Crippen LogP contribution in [-0.4, -0.2) is 11.3 Å². The maximum Gasteiger partial charge on any atom is 0.573 e. The lowest BCUT2D eigenvalue weighted by molar-refractivity contribution is -0.274. The van der Waals surface area contributed by atoms with Gasteiger partial charge in [0.25, 0.3) is 0 Å². The Morgan fingerprint density at radius 2 is 1.64 bits per heavy atom. The van der Waals surface area contributed by atoms with Crippen molar-refractivity contribution in [3.8, 4) is 17.0 Å². The number of alkyl halides is 3. The third-order valence-corrected chi connectivity index (χ3v) is 3.37. The predicted molar refractivity (Wildman–Crippen MR) is 78.9 cm³/mol. The standard InChI is InChI=1S/C16H9ClF3NO/c17-15-13-4-2-1-3-11(13)9-14(21-15)10-5-7-12(8-6-10)22-16(18,19)20/h1-9H. The molecule has 6 heteroatoms. The molecular weight excluding hydrogens is 315 g/mol. The molecule has 2 aromatic carbocycles. The number of benzene rings is 2. The fourth-order valence-electron chi connectivity index (χ4n) is 2.13. The molecule has 0 amide bonds. The smallest absolute Gasteiger partial charge is 0.406 e. The fraction of sp³-hybridized carbons (Fsp3) is 0.0625. The third kappa shape index (κ3) is 3.14. The van der Waals surface area contributed by atoms with Crippen molar-refractivity contribution in [2.24, 2.45) is 0 Å². The second-order valence-corrected chi connectivity index (χ2v) is 4.95. The van der Waals surface area contributed by atoms with Crippen LogP contribution in [0, 0.1) is 0 Å². The van der Waals surface area contributed by atoms with E-state index in [2.05, 4.69) is 9.72 Å². The van der Waals surface area contributed by atoms with Gasteiger partial charge in [-0.15, -0.1) is 13.2 Å². The molecule has 0 unspecified atom stereocenters. The SMILES string of the molecule is FC(F)(F)Oc1ccc(-c2cc3ccccc3c(Cl)n2)cc1. The van der Waals surface area contributed by atoms with Crippen molar-refractivity contribution in [2.45, 2.75) is 6.36 Å². The number of hydrogen-bond donors (Lipinski definition) is 0. The number of hydrogen-bond acceptors (Lipinski definition) is 2. The quantitative estimate of drug-likeness (QED) is 0.585. The van der Waals surface area contributed by atoms with Crippen molar-refractivity contribution in [2.75, 3.05) is 0 Å². The lowest BCUT2D eigenvalue weighted by Crippen LogP contribution is -2.16. The Balaban J connectivity index is 1.97. The van der Waals surface area contributed by atoms with E-state index >= 15 is 0 Å². The molecule has 3 aromatic rings. The van der Waals surface area contributed by atoms with E-state index in [1.54, 1.807) is 0 Å². The highest BCUT2D eigenvalue weighted by molar-refractivity contribution is 6.34. The molecule has 0 aliphatic rings. The Hall–Kier alpha value is -2.27. The molecule has 2 nitrogen and oxygen atoms in total. The van der Waals surface area contributed by atoms with Gasteiger partial charge in [0.05, 0.1) is 5.69 Å². The molecule has 0 saturated carbocycles.